The van der Waals surface area contributed by atoms with Gasteiger partial charge in [0.15, 0.2) is 5.82 Å². The first-order chi connectivity index (χ1) is 11.6. The van der Waals surface area contributed by atoms with Gasteiger partial charge in [-0.05, 0) is 30.8 Å². The third-order valence-corrected chi connectivity index (χ3v) is 3.55. The number of anilines is 1. The van der Waals surface area contributed by atoms with Crippen molar-refractivity contribution in [2.45, 2.75) is 6.54 Å². The van der Waals surface area contributed by atoms with Gasteiger partial charge in [-0.3, -0.25) is 14.4 Å². The zero-order valence-corrected chi connectivity index (χ0v) is 13.8. The number of likely N-dealkylation sites (N-methyl/N-ethyl adjacent to an activating group) is 1. The fourth-order valence-electron chi connectivity index (χ4n) is 2.45. The van der Waals surface area contributed by atoms with E-state index in [1.54, 1.807) is 23.1 Å². The average Bonchev–Trinajstić information content (AvgIpc) is 3.20. The van der Waals surface area contributed by atoms with Gasteiger partial charge < -0.3 is 5.32 Å². The van der Waals surface area contributed by atoms with E-state index in [1.807, 2.05) is 60.2 Å². The summed E-state index contributed by atoms with van der Waals surface area (Å²) in [6.07, 6.45) is 5.45. The Morgan fingerprint density at radius 3 is 2.62 bits per heavy atom. The molecular formula is C17H20N6O. The molecule has 0 atom stereocenters. The maximum atomic E-state index is 12.0. The van der Waals surface area contributed by atoms with Crippen molar-refractivity contribution in [3.63, 3.8) is 0 Å². The zero-order chi connectivity index (χ0) is 16.9. The summed E-state index contributed by atoms with van der Waals surface area (Å²) in [7, 11) is 3.73. The SMILES string of the molecule is CN(CC(=O)Nc1ccn(C)n1)Cc1ccc(-n2cccn2)cc1. The highest BCUT2D eigenvalue weighted by Gasteiger charge is 2.09. The van der Waals surface area contributed by atoms with Crippen LogP contribution in [0.25, 0.3) is 5.69 Å². The number of nitrogens with one attached hydrogen (secondary N) is 1. The number of amides is 1. The van der Waals surface area contributed by atoms with E-state index in [0.29, 0.717) is 18.9 Å². The van der Waals surface area contributed by atoms with Gasteiger partial charge in [0.25, 0.3) is 0 Å². The normalized spacial score (nSPS) is 11.0. The first-order valence-electron chi connectivity index (χ1n) is 7.67. The molecule has 0 saturated heterocycles. The van der Waals surface area contributed by atoms with Crippen LogP contribution in [0.2, 0.25) is 0 Å². The summed E-state index contributed by atoms with van der Waals surface area (Å²) in [5, 5.41) is 11.1. The minimum Gasteiger partial charge on any atom is -0.308 e. The lowest BCUT2D eigenvalue weighted by atomic mass is 10.2. The van der Waals surface area contributed by atoms with E-state index in [-0.39, 0.29) is 5.91 Å². The van der Waals surface area contributed by atoms with Gasteiger partial charge in [0, 0.05) is 38.2 Å². The Bertz CT molecular complexity index is 791. The average molecular weight is 324 g/mol. The van der Waals surface area contributed by atoms with Crippen molar-refractivity contribution in [3.05, 3.63) is 60.6 Å². The zero-order valence-electron chi connectivity index (χ0n) is 13.8. The van der Waals surface area contributed by atoms with E-state index < -0.39 is 0 Å². The number of hydrogen-bond acceptors (Lipinski definition) is 4. The van der Waals surface area contributed by atoms with Crippen LogP contribution in [0, 0.1) is 0 Å². The Hall–Kier alpha value is -2.93. The van der Waals surface area contributed by atoms with Crippen LogP contribution in [0.5, 0.6) is 0 Å². The second-order valence-corrected chi connectivity index (χ2v) is 5.71. The van der Waals surface area contributed by atoms with E-state index in [4.69, 9.17) is 0 Å². The van der Waals surface area contributed by atoms with Crippen molar-refractivity contribution in [2.24, 2.45) is 7.05 Å². The summed E-state index contributed by atoms with van der Waals surface area (Å²) < 4.78 is 3.47. The van der Waals surface area contributed by atoms with Crippen molar-refractivity contribution in [3.8, 4) is 5.69 Å². The van der Waals surface area contributed by atoms with Gasteiger partial charge in [-0.1, -0.05) is 12.1 Å². The summed E-state index contributed by atoms with van der Waals surface area (Å²) in [5.41, 5.74) is 2.15. The topological polar surface area (TPSA) is 68.0 Å². The Kier molecular flexibility index (Phi) is 4.72. The maximum absolute atomic E-state index is 12.0. The highest BCUT2D eigenvalue weighted by molar-refractivity contribution is 5.91. The molecule has 0 aliphatic rings. The van der Waals surface area contributed by atoms with Crippen molar-refractivity contribution in [2.75, 3.05) is 18.9 Å². The maximum Gasteiger partial charge on any atom is 0.239 e. The van der Waals surface area contributed by atoms with Crippen LogP contribution in [0.15, 0.2) is 55.0 Å². The number of nitrogens with zero attached hydrogens (tertiary/aromatic N) is 5. The molecule has 2 aromatic heterocycles. The number of rotatable bonds is 6. The number of aryl methyl sites for hydroxylation is 1. The fourth-order valence-corrected chi connectivity index (χ4v) is 2.45. The minimum atomic E-state index is -0.0793. The monoisotopic (exact) mass is 324 g/mol. The van der Waals surface area contributed by atoms with Gasteiger partial charge in [-0.25, -0.2) is 4.68 Å². The molecule has 1 N–H and O–H groups in total. The molecule has 3 rings (SSSR count). The molecule has 0 unspecified atom stereocenters. The summed E-state index contributed by atoms with van der Waals surface area (Å²) in [5.74, 6) is 0.490. The van der Waals surface area contributed by atoms with Gasteiger partial charge in [-0.15, -0.1) is 0 Å². The quantitative estimate of drug-likeness (QED) is 0.749. The molecule has 7 nitrogen and oxygen atoms in total. The summed E-state index contributed by atoms with van der Waals surface area (Å²) in [4.78, 5) is 14.0. The number of benzene rings is 1. The lowest BCUT2D eigenvalue weighted by molar-refractivity contribution is -0.117. The molecule has 0 aliphatic carbocycles. The van der Waals surface area contributed by atoms with Crippen LogP contribution >= 0.6 is 0 Å². The summed E-state index contributed by atoms with van der Waals surface area (Å²) in [6, 6.07) is 11.8. The number of carbonyl (C=O) groups is 1. The van der Waals surface area contributed by atoms with Crippen LogP contribution < -0.4 is 5.32 Å². The van der Waals surface area contributed by atoms with Crippen molar-refractivity contribution >= 4 is 11.7 Å². The van der Waals surface area contributed by atoms with Gasteiger partial charge in [0.2, 0.25) is 5.91 Å². The Morgan fingerprint density at radius 1 is 1.21 bits per heavy atom. The van der Waals surface area contributed by atoms with E-state index >= 15 is 0 Å². The first-order valence-corrected chi connectivity index (χ1v) is 7.67. The molecule has 7 heteroatoms. The third-order valence-electron chi connectivity index (χ3n) is 3.55. The van der Waals surface area contributed by atoms with E-state index in [9.17, 15) is 4.79 Å². The van der Waals surface area contributed by atoms with Crippen LogP contribution in [0.3, 0.4) is 0 Å². The second kappa shape index (κ2) is 7.10. The fraction of sp³-hybridized carbons (Fsp3) is 0.235. The molecule has 1 aromatic carbocycles. The molecule has 0 saturated carbocycles. The highest BCUT2D eigenvalue weighted by atomic mass is 16.2. The largest absolute Gasteiger partial charge is 0.308 e. The molecule has 124 valence electrons. The molecule has 3 aromatic rings. The summed E-state index contributed by atoms with van der Waals surface area (Å²) in [6.45, 7) is 0.993. The molecule has 0 spiro atoms. The molecule has 24 heavy (non-hydrogen) atoms. The van der Waals surface area contributed by atoms with Crippen molar-refractivity contribution in [1.29, 1.82) is 0 Å². The minimum absolute atomic E-state index is 0.0793. The second-order valence-electron chi connectivity index (χ2n) is 5.71. The Labute approximate surface area is 140 Å². The molecule has 0 fully saturated rings. The van der Waals surface area contributed by atoms with Crippen LogP contribution in [0.4, 0.5) is 5.82 Å². The van der Waals surface area contributed by atoms with Gasteiger partial charge in [-0.2, -0.15) is 10.2 Å². The number of carbonyl (C=O) groups excluding carboxylic acids is 1. The first kappa shape index (κ1) is 15.9. The Morgan fingerprint density at radius 2 is 2.00 bits per heavy atom. The molecule has 0 radical (unpaired) electrons. The Balaban J connectivity index is 1.52. The van der Waals surface area contributed by atoms with Crippen molar-refractivity contribution < 1.29 is 4.79 Å². The molecular weight excluding hydrogens is 304 g/mol. The summed E-state index contributed by atoms with van der Waals surface area (Å²) >= 11 is 0. The standard InChI is InChI=1S/C17H20N6O/c1-21(13-17(24)19-16-8-11-22(2)20-16)12-14-4-6-15(7-5-14)23-10-3-9-18-23/h3-11H,12-13H2,1-2H3,(H,19,20,24). The highest BCUT2D eigenvalue weighted by Crippen LogP contribution is 2.10. The van der Waals surface area contributed by atoms with Crippen molar-refractivity contribution in [1.82, 2.24) is 24.5 Å². The lowest BCUT2D eigenvalue weighted by Gasteiger charge is -2.16. The van der Waals surface area contributed by atoms with Gasteiger partial charge >= 0.3 is 0 Å². The smallest absolute Gasteiger partial charge is 0.239 e. The predicted molar refractivity (Wildman–Crippen MR) is 91.7 cm³/mol. The lowest BCUT2D eigenvalue weighted by Crippen LogP contribution is -2.30. The molecule has 1 amide bonds. The third kappa shape index (κ3) is 4.08. The molecule has 0 bridgehead atoms. The van der Waals surface area contributed by atoms with Crippen LogP contribution in [-0.2, 0) is 18.4 Å². The van der Waals surface area contributed by atoms with E-state index in [0.717, 1.165) is 11.3 Å². The van der Waals surface area contributed by atoms with Gasteiger partial charge in [0.05, 0.1) is 12.2 Å². The van der Waals surface area contributed by atoms with E-state index in [2.05, 4.69) is 15.5 Å². The van der Waals surface area contributed by atoms with Crippen LogP contribution in [-0.4, -0.2) is 44.0 Å². The van der Waals surface area contributed by atoms with Crippen LogP contribution in [0.1, 0.15) is 5.56 Å². The van der Waals surface area contributed by atoms with Gasteiger partial charge in [0.1, 0.15) is 0 Å². The number of aromatic nitrogens is 4. The predicted octanol–water partition coefficient (Wildman–Crippen LogP) is 1.68. The molecule has 2 heterocycles. The van der Waals surface area contributed by atoms with E-state index in [1.165, 1.54) is 0 Å². The number of hydrogen-bond donors (Lipinski definition) is 1. The molecule has 0 aliphatic heterocycles.